The molecule has 0 aliphatic carbocycles. The zero-order chi connectivity index (χ0) is 26.3. The molecule has 36 heavy (non-hydrogen) atoms. The minimum absolute atomic E-state index is 0.0823. The van der Waals surface area contributed by atoms with Crippen LogP contribution in [0.4, 0.5) is 17.6 Å². The molecular weight excluding hydrogens is 496 g/mol. The van der Waals surface area contributed by atoms with Crippen LogP contribution in [-0.4, -0.2) is 22.9 Å². The SMILES string of the molecule is Cc1cc(SCC[C@@H](C)Oc2ccc(C(F)(F)F)cc2Oc2ccc(F)cc2)ccc1CCC(=O)O. The average Bonchev–Trinajstić information content (AvgIpc) is 2.80. The van der Waals surface area contributed by atoms with Gasteiger partial charge in [0.25, 0.3) is 0 Å². The fourth-order valence-electron chi connectivity index (χ4n) is 3.39. The van der Waals surface area contributed by atoms with E-state index in [0.29, 0.717) is 18.6 Å². The zero-order valence-corrected chi connectivity index (χ0v) is 20.6. The molecule has 1 N–H and O–H groups in total. The Bertz CT molecular complexity index is 1180. The smallest absolute Gasteiger partial charge is 0.416 e. The van der Waals surface area contributed by atoms with E-state index in [-0.39, 0.29) is 29.8 Å². The number of halogens is 4. The van der Waals surface area contributed by atoms with Gasteiger partial charge in [-0.1, -0.05) is 6.07 Å². The molecule has 0 radical (unpaired) electrons. The highest BCUT2D eigenvalue weighted by Crippen LogP contribution is 2.39. The molecule has 3 aromatic carbocycles. The minimum Gasteiger partial charge on any atom is -0.487 e. The summed E-state index contributed by atoms with van der Waals surface area (Å²) >= 11 is 1.61. The number of hydrogen-bond acceptors (Lipinski definition) is 4. The Kier molecular flexibility index (Phi) is 9.25. The number of hydrogen-bond donors (Lipinski definition) is 1. The maximum atomic E-state index is 13.2. The average molecular weight is 523 g/mol. The number of carbonyl (C=O) groups is 1. The van der Waals surface area contributed by atoms with Gasteiger partial charge in [0.05, 0.1) is 11.7 Å². The molecule has 1 atom stereocenters. The molecule has 3 aromatic rings. The molecule has 0 heterocycles. The first-order valence-corrected chi connectivity index (χ1v) is 12.3. The first-order valence-electron chi connectivity index (χ1n) is 11.3. The van der Waals surface area contributed by atoms with Crippen LogP contribution < -0.4 is 9.47 Å². The number of alkyl halides is 3. The molecule has 0 aromatic heterocycles. The Morgan fingerprint density at radius 1 is 1.03 bits per heavy atom. The third-order valence-corrected chi connectivity index (χ3v) is 6.38. The van der Waals surface area contributed by atoms with Gasteiger partial charge >= 0.3 is 12.1 Å². The quantitative estimate of drug-likeness (QED) is 0.205. The number of aryl methyl sites for hydroxylation is 2. The molecule has 0 amide bonds. The zero-order valence-electron chi connectivity index (χ0n) is 19.8. The molecule has 0 saturated carbocycles. The number of rotatable bonds is 11. The molecule has 0 fully saturated rings. The van der Waals surface area contributed by atoms with Gasteiger partial charge in [-0.15, -0.1) is 11.8 Å². The van der Waals surface area contributed by atoms with Crippen molar-refractivity contribution in [2.75, 3.05) is 5.75 Å². The van der Waals surface area contributed by atoms with Crippen LogP contribution in [0.1, 0.15) is 36.5 Å². The van der Waals surface area contributed by atoms with Gasteiger partial charge in [-0.05, 0) is 92.4 Å². The summed E-state index contributed by atoms with van der Waals surface area (Å²) in [6.07, 6.45) is -3.70. The predicted octanol–water partition coefficient (Wildman–Crippen LogP) is 7.91. The van der Waals surface area contributed by atoms with Gasteiger partial charge < -0.3 is 14.6 Å². The second-order valence-electron chi connectivity index (χ2n) is 8.26. The van der Waals surface area contributed by atoms with Gasteiger partial charge in [0, 0.05) is 17.1 Å². The van der Waals surface area contributed by atoms with Crippen molar-refractivity contribution in [1.82, 2.24) is 0 Å². The summed E-state index contributed by atoms with van der Waals surface area (Å²) in [5.74, 6) is -0.387. The highest BCUT2D eigenvalue weighted by molar-refractivity contribution is 7.99. The van der Waals surface area contributed by atoms with Gasteiger partial charge in [-0.2, -0.15) is 13.2 Å². The van der Waals surface area contributed by atoms with E-state index >= 15 is 0 Å². The third kappa shape index (κ3) is 8.19. The summed E-state index contributed by atoms with van der Waals surface area (Å²) < 4.78 is 64.4. The van der Waals surface area contributed by atoms with Crippen molar-refractivity contribution in [1.29, 1.82) is 0 Å². The van der Waals surface area contributed by atoms with E-state index in [1.54, 1.807) is 11.8 Å². The van der Waals surface area contributed by atoms with E-state index in [4.69, 9.17) is 14.6 Å². The Balaban J connectivity index is 1.63. The summed E-state index contributed by atoms with van der Waals surface area (Å²) in [4.78, 5) is 11.8. The van der Waals surface area contributed by atoms with Crippen LogP contribution in [0, 0.1) is 12.7 Å². The lowest BCUT2D eigenvalue weighted by molar-refractivity contribution is -0.138. The van der Waals surface area contributed by atoms with E-state index in [1.807, 2.05) is 32.0 Å². The van der Waals surface area contributed by atoms with Crippen molar-refractivity contribution in [3.63, 3.8) is 0 Å². The summed E-state index contributed by atoms with van der Waals surface area (Å²) in [7, 11) is 0. The Labute approximate surface area is 211 Å². The van der Waals surface area contributed by atoms with Crippen molar-refractivity contribution < 1.29 is 36.9 Å². The van der Waals surface area contributed by atoms with Crippen LogP contribution >= 0.6 is 11.8 Å². The van der Waals surface area contributed by atoms with Crippen molar-refractivity contribution >= 4 is 17.7 Å². The fraction of sp³-hybridized carbons (Fsp3) is 0.296. The lowest BCUT2D eigenvalue weighted by Gasteiger charge is -2.19. The van der Waals surface area contributed by atoms with Gasteiger partial charge in [0.1, 0.15) is 11.6 Å². The van der Waals surface area contributed by atoms with E-state index < -0.39 is 23.5 Å². The van der Waals surface area contributed by atoms with Gasteiger partial charge in [0.15, 0.2) is 11.5 Å². The maximum absolute atomic E-state index is 13.2. The minimum atomic E-state index is -4.55. The molecule has 9 heteroatoms. The van der Waals surface area contributed by atoms with Crippen molar-refractivity contribution in [3.8, 4) is 17.2 Å². The monoisotopic (exact) mass is 522 g/mol. The maximum Gasteiger partial charge on any atom is 0.416 e. The first kappa shape index (κ1) is 27.4. The topological polar surface area (TPSA) is 55.8 Å². The summed E-state index contributed by atoms with van der Waals surface area (Å²) in [6.45, 7) is 3.76. The highest BCUT2D eigenvalue weighted by Gasteiger charge is 2.31. The number of ether oxygens (including phenoxy) is 2. The van der Waals surface area contributed by atoms with E-state index in [9.17, 15) is 22.4 Å². The second-order valence-corrected chi connectivity index (χ2v) is 9.43. The van der Waals surface area contributed by atoms with E-state index in [2.05, 4.69) is 0 Å². The van der Waals surface area contributed by atoms with Crippen molar-refractivity contribution in [2.45, 2.75) is 50.3 Å². The van der Waals surface area contributed by atoms with Gasteiger partial charge in [-0.25, -0.2) is 4.39 Å². The summed E-state index contributed by atoms with van der Waals surface area (Å²) in [5, 5.41) is 8.86. The molecule has 0 aliphatic rings. The lowest BCUT2D eigenvalue weighted by Crippen LogP contribution is -2.14. The van der Waals surface area contributed by atoms with Gasteiger partial charge in [0.2, 0.25) is 0 Å². The molecule has 0 bridgehead atoms. The number of carboxylic acids is 1. The van der Waals surface area contributed by atoms with Crippen LogP contribution in [0.5, 0.6) is 17.2 Å². The third-order valence-electron chi connectivity index (χ3n) is 5.36. The van der Waals surface area contributed by atoms with Crippen LogP contribution in [0.2, 0.25) is 0 Å². The Morgan fingerprint density at radius 2 is 1.75 bits per heavy atom. The molecule has 0 saturated heterocycles. The molecular formula is C27H26F4O4S. The Morgan fingerprint density at radius 3 is 2.39 bits per heavy atom. The molecule has 192 valence electrons. The summed E-state index contributed by atoms with van der Waals surface area (Å²) in [5.41, 5.74) is 1.14. The van der Waals surface area contributed by atoms with Crippen LogP contribution in [0.15, 0.2) is 65.6 Å². The first-order chi connectivity index (χ1) is 17.0. The highest BCUT2D eigenvalue weighted by atomic mass is 32.2. The van der Waals surface area contributed by atoms with Crippen LogP contribution in [0.25, 0.3) is 0 Å². The van der Waals surface area contributed by atoms with Crippen LogP contribution in [-0.2, 0) is 17.4 Å². The number of thioether (sulfide) groups is 1. The largest absolute Gasteiger partial charge is 0.487 e. The lowest BCUT2D eigenvalue weighted by atomic mass is 10.0. The Hall–Kier alpha value is -3.20. The standard InChI is InChI=1S/C27H26F4O4S/c1-17-15-23(10-3-19(17)4-12-26(32)33)36-14-13-18(2)34-24-11-5-20(27(29,30)31)16-25(24)35-22-8-6-21(28)7-9-22/h3,5-11,15-16,18H,4,12-14H2,1-2H3,(H,32,33)/t18-/m1/s1. The molecule has 3 rings (SSSR count). The van der Waals surface area contributed by atoms with Crippen LogP contribution in [0.3, 0.4) is 0 Å². The molecule has 0 spiro atoms. The fourth-order valence-corrected chi connectivity index (χ4v) is 4.50. The van der Waals surface area contributed by atoms with E-state index in [1.165, 1.54) is 18.2 Å². The second kappa shape index (κ2) is 12.2. The van der Waals surface area contributed by atoms with Gasteiger partial charge in [-0.3, -0.25) is 4.79 Å². The molecule has 0 unspecified atom stereocenters. The summed E-state index contributed by atoms with van der Waals surface area (Å²) in [6, 6.07) is 13.9. The normalized spacial score (nSPS) is 12.3. The predicted molar refractivity (Wildman–Crippen MR) is 130 cm³/mol. The number of benzene rings is 3. The van der Waals surface area contributed by atoms with Crippen molar-refractivity contribution in [3.05, 3.63) is 83.2 Å². The van der Waals surface area contributed by atoms with E-state index in [0.717, 1.165) is 40.3 Å². The molecule has 4 nitrogen and oxygen atoms in total. The molecule has 0 aliphatic heterocycles. The van der Waals surface area contributed by atoms with Crippen molar-refractivity contribution in [2.24, 2.45) is 0 Å². The number of aliphatic carboxylic acids is 1. The number of carboxylic acid groups (broad SMARTS) is 1.